The number of guanidine groups is 2. The van der Waals surface area contributed by atoms with Crippen molar-refractivity contribution < 1.29 is 4.39 Å². The molecule has 8 heteroatoms. The molecule has 0 saturated heterocycles. The lowest BCUT2D eigenvalue weighted by Gasteiger charge is -2.08. The molecule has 0 unspecified atom stereocenters. The van der Waals surface area contributed by atoms with Crippen molar-refractivity contribution in [1.82, 2.24) is 9.55 Å². The van der Waals surface area contributed by atoms with Crippen LogP contribution >= 0.6 is 0 Å². The van der Waals surface area contributed by atoms with E-state index in [9.17, 15) is 4.39 Å². The summed E-state index contributed by atoms with van der Waals surface area (Å²) in [5, 5.41) is 0. The van der Waals surface area contributed by atoms with Gasteiger partial charge in [-0.1, -0.05) is 6.92 Å². The van der Waals surface area contributed by atoms with Crippen LogP contribution < -0.4 is 17.2 Å². The molecule has 0 aliphatic carbocycles. The largest absolute Gasteiger partial charge is 0.370 e. The number of benzene rings is 1. The second kappa shape index (κ2) is 6.04. The summed E-state index contributed by atoms with van der Waals surface area (Å²) in [6.45, 7) is 1.95. The van der Waals surface area contributed by atoms with E-state index in [-0.39, 0.29) is 11.9 Å². The fraction of sp³-hybridized carbons (Fsp3) is 0.154. The summed E-state index contributed by atoms with van der Waals surface area (Å²) in [7, 11) is 0. The normalized spacial score (nSPS) is 11.4. The van der Waals surface area contributed by atoms with Gasteiger partial charge in [0, 0.05) is 24.9 Å². The van der Waals surface area contributed by atoms with Gasteiger partial charge in [-0.05, 0) is 12.1 Å². The lowest BCUT2D eigenvalue weighted by Crippen LogP contribution is -2.26. The van der Waals surface area contributed by atoms with Gasteiger partial charge in [-0.25, -0.2) is 14.4 Å². The first-order valence-electron chi connectivity index (χ1n) is 6.27. The highest BCUT2D eigenvalue weighted by atomic mass is 19.1. The number of aryl methyl sites for hydroxylation is 1. The van der Waals surface area contributed by atoms with Crippen LogP contribution in [0, 0.1) is 5.82 Å². The Morgan fingerprint density at radius 2 is 2.10 bits per heavy atom. The lowest BCUT2D eigenvalue weighted by atomic mass is 10.2. The summed E-state index contributed by atoms with van der Waals surface area (Å²) in [5.74, 6) is -0.0232. The van der Waals surface area contributed by atoms with Gasteiger partial charge in [0.15, 0.2) is 5.96 Å². The molecule has 1 aromatic carbocycles. The molecule has 1 aromatic heterocycles. The minimum Gasteiger partial charge on any atom is -0.370 e. The average molecular weight is 289 g/mol. The fourth-order valence-corrected chi connectivity index (χ4v) is 1.87. The third kappa shape index (κ3) is 3.35. The van der Waals surface area contributed by atoms with Crippen LogP contribution in [0.25, 0.3) is 5.69 Å². The van der Waals surface area contributed by atoms with E-state index in [1.807, 2.05) is 6.92 Å². The molecule has 7 nitrogen and oxygen atoms in total. The van der Waals surface area contributed by atoms with Gasteiger partial charge >= 0.3 is 0 Å². The molecule has 0 atom stereocenters. The predicted molar refractivity (Wildman–Crippen MR) is 80.0 cm³/mol. The van der Waals surface area contributed by atoms with Crippen LogP contribution in [0.5, 0.6) is 0 Å². The van der Waals surface area contributed by atoms with E-state index in [1.165, 1.54) is 6.07 Å². The zero-order valence-corrected chi connectivity index (χ0v) is 11.5. The van der Waals surface area contributed by atoms with Gasteiger partial charge in [0.1, 0.15) is 11.6 Å². The maximum atomic E-state index is 14.2. The molecule has 0 aliphatic rings. The monoisotopic (exact) mass is 289 g/mol. The molecule has 0 radical (unpaired) electrons. The van der Waals surface area contributed by atoms with Gasteiger partial charge in [-0.3, -0.25) is 0 Å². The SMILES string of the molecule is CCc1nccn1-c1ccc(N=C(N)N=C(N)N)cc1F. The van der Waals surface area contributed by atoms with Gasteiger partial charge in [0.25, 0.3) is 0 Å². The van der Waals surface area contributed by atoms with Crippen LogP contribution in [-0.4, -0.2) is 21.5 Å². The van der Waals surface area contributed by atoms with Crippen molar-refractivity contribution in [2.24, 2.45) is 27.2 Å². The van der Waals surface area contributed by atoms with Crippen LogP contribution in [0.3, 0.4) is 0 Å². The van der Waals surface area contributed by atoms with E-state index < -0.39 is 5.82 Å². The number of hydrogen-bond acceptors (Lipinski definition) is 2. The van der Waals surface area contributed by atoms with Crippen LogP contribution in [0.15, 0.2) is 40.6 Å². The first-order chi connectivity index (χ1) is 10.0. The second-order valence-electron chi connectivity index (χ2n) is 4.21. The van der Waals surface area contributed by atoms with Crippen molar-refractivity contribution in [1.29, 1.82) is 0 Å². The summed E-state index contributed by atoms with van der Waals surface area (Å²) >= 11 is 0. The number of nitrogens with two attached hydrogens (primary N) is 3. The van der Waals surface area contributed by atoms with E-state index in [2.05, 4.69) is 15.0 Å². The highest BCUT2D eigenvalue weighted by molar-refractivity contribution is 5.93. The highest BCUT2D eigenvalue weighted by Crippen LogP contribution is 2.21. The quantitative estimate of drug-likeness (QED) is 0.571. The Morgan fingerprint density at radius 3 is 2.71 bits per heavy atom. The maximum absolute atomic E-state index is 14.2. The first-order valence-corrected chi connectivity index (χ1v) is 6.27. The molecule has 2 aromatic rings. The van der Waals surface area contributed by atoms with Crippen molar-refractivity contribution in [2.75, 3.05) is 0 Å². The molecule has 0 aliphatic heterocycles. The zero-order valence-electron chi connectivity index (χ0n) is 11.5. The molecule has 2 rings (SSSR count). The molecular formula is C13H16FN7. The molecule has 0 bridgehead atoms. The van der Waals surface area contributed by atoms with E-state index in [0.717, 1.165) is 5.82 Å². The smallest absolute Gasteiger partial charge is 0.223 e. The van der Waals surface area contributed by atoms with Crippen molar-refractivity contribution >= 4 is 17.6 Å². The summed E-state index contributed by atoms with van der Waals surface area (Å²) < 4.78 is 15.9. The second-order valence-corrected chi connectivity index (χ2v) is 4.21. The minimum absolute atomic E-state index is 0.140. The summed E-state index contributed by atoms with van der Waals surface area (Å²) in [4.78, 5) is 11.6. The molecule has 0 fully saturated rings. The minimum atomic E-state index is -0.443. The van der Waals surface area contributed by atoms with E-state index in [0.29, 0.717) is 17.8 Å². The van der Waals surface area contributed by atoms with Gasteiger partial charge < -0.3 is 21.8 Å². The topological polar surface area (TPSA) is 121 Å². The molecule has 1 heterocycles. The van der Waals surface area contributed by atoms with Crippen LogP contribution in [0.4, 0.5) is 10.1 Å². The van der Waals surface area contributed by atoms with Crippen molar-refractivity contribution in [2.45, 2.75) is 13.3 Å². The Balaban J connectivity index is 2.37. The van der Waals surface area contributed by atoms with E-state index in [1.54, 1.807) is 29.1 Å². The Morgan fingerprint density at radius 1 is 1.33 bits per heavy atom. The van der Waals surface area contributed by atoms with Gasteiger partial charge in [0.05, 0.1) is 11.4 Å². The molecular weight excluding hydrogens is 273 g/mol. The Labute approximate surface area is 121 Å². The van der Waals surface area contributed by atoms with Gasteiger partial charge in [-0.15, -0.1) is 0 Å². The van der Waals surface area contributed by atoms with Crippen molar-refractivity contribution in [3.8, 4) is 5.69 Å². The standard InChI is InChI=1S/C13H16FN7/c1-2-11-18-5-6-21(11)10-4-3-8(7-9(10)14)19-13(17)20-12(15)16/h3-7H,2H2,1H3,(H6,15,16,17,19,20). The molecule has 0 saturated carbocycles. The Bertz CT molecular complexity index is 698. The molecule has 21 heavy (non-hydrogen) atoms. The number of rotatable bonds is 3. The molecule has 110 valence electrons. The third-order valence-electron chi connectivity index (χ3n) is 2.71. The van der Waals surface area contributed by atoms with E-state index >= 15 is 0 Å². The number of nitrogens with zero attached hydrogens (tertiary/aromatic N) is 4. The number of hydrogen-bond donors (Lipinski definition) is 3. The fourth-order valence-electron chi connectivity index (χ4n) is 1.87. The molecule has 6 N–H and O–H groups in total. The number of halogens is 1. The van der Waals surface area contributed by atoms with Gasteiger partial charge in [-0.2, -0.15) is 4.99 Å². The summed E-state index contributed by atoms with van der Waals surface area (Å²) in [5.41, 5.74) is 16.6. The van der Waals surface area contributed by atoms with Crippen molar-refractivity contribution in [3.05, 3.63) is 42.2 Å². The van der Waals surface area contributed by atoms with Gasteiger partial charge in [0.2, 0.25) is 5.96 Å². The van der Waals surface area contributed by atoms with Crippen molar-refractivity contribution in [3.63, 3.8) is 0 Å². The maximum Gasteiger partial charge on any atom is 0.223 e. The van der Waals surface area contributed by atoms with Crippen LogP contribution in [-0.2, 0) is 6.42 Å². The number of aliphatic imine (C=N–C) groups is 2. The zero-order chi connectivity index (χ0) is 15.4. The third-order valence-corrected chi connectivity index (χ3v) is 2.71. The van der Waals surface area contributed by atoms with E-state index in [4.69, 9.17) is 17.2 Å². The highest BCUT2D eigenvalue weighted by Gasteiger charge is 2.09. The number of imidazole rings is 1. The Kier molecular flexibility index (Phi) is 4.17. The lowest BCUT2D eigenvalue weighted by molar-refractivity contribution is 0.615. The average Bonchev–Trinajstić information content (AvgIpc) is 2.85. The predicted octanol–water partition coefficient (Wildman–Crippen LogP) is 0.793. The first kappa shape index (κ1) is 14.5. The Hall–Kier alpha value is -2.90. The van der Waals surface area contributed by atoms with Crippen LogP contribution in [0.2, 0.25) is 0 Å². The summed E-state index contributed by atoms with van der Waals surface area (Å²) in [6, 6.07) is 4.47. The van der Waals surface area contributed by atoms with Crippen LogP contribution in [0.1, 0.15) is 12.7 Å². The molecule has 0 spiro atoms. The number of aromatic nitrogens is 2. The summed E-state index contributed by atoms with van der Waals surface area (Å²) in [6.07, 6.45) is 4.03. The molecule has 0 amide bonds.